The van der Waals surface area contributed by atoms with Gasteiger partial charge in [-0.25, -0.2) is 9.98 Å². The molecule has 0 aromatic rings. The Balaban J connectivity index is 2.28. The van der Waals surface area contributed by atoms with Gasteiger partial charge >= 0.3 is 0 Å². The van der Waals surface area contributed by atoms with Gasteiger partial charge in [0.1, 0.15) is 0 Å². The number of nitrogens with two attached hydrogens (primary N) is 2. The fraction of sp³-hybridized carbons (Fsp3) is 0.714. The smallest absolute Gasteiger partial charge is 0.197 e. The van der Waals surface area contributed by atoms with Crippen LogP contribution < -0.4 is 16.8 Å². The molecule has 5 N–H and O–H groups in total. The molecule has 1 aliphatic carbocycles. The first-order valence-electron chi connectivity index (χ1n) is 4.18. The Morgan fingerprint density at radius 2 is 1.58 bits per heavy atom. The minimum Gasteiger partial charge on any atom is -0.370 e. The molecule has 0 aromatic heterocycles. The highest BCUT2D eigenvalue weighted by molar-refractivity contribution is 5.98. The van der Waals surface area contributed by atoms with E-state index in [4.69, 9.17) is 11.5 Å². The van der Waals surface area contributed by atoms with Crippen molar-refractivity contribution in [3.05, 3.63) is 0 Å². The van der Waals surface area contributed by atoms with Crippen molar-refractivity contribution < 1.29 is 0 Å². The third-order valence-electron chi connectivity index (χ3n) is 2.32. The Kier molecular flexibility index (Phi) is 1.46. The van der Waals surface area contributed by atoms with E-state index in [2.05, 4.69) is 15.3 Å². The van der Waals surface area contributed by atoms with Gasteiger partial charge in [0.15, 0.2) is 17.6 Å². The lowest BCUT2D eigenvalue weighted by molar-refractivity contribution is 0.457. The van der Waals surface area contributed by atoms with Crippen molar-refractivity contribution in [2.45, 2.75) is 31.3 Å². The second kappa shape index (κ2) is 2.36. The predicted octanol–water partition coefficient (Wildman–Crippen LogP) is -0.511. The van der Waals surface area contributed by atoms with Gasteiger partial charge in [0, 0.05) is 0 Å². The molecule has 0 aromatic carbocycles. The van der Waals surface area contributed by atoms with Crippen LogP contribution in [0.2, 0.25) is 0 Å². The van der Waals surface area contributed by atoms with E-state index in [0.29, 0.717) is 11.9 Å². The molecule has 2 rings (SSSR count). The van der Waals surface area contributed by atoms with Crippen LogP contribution in [0.3, 0.4) is 0 Å². The second-order valence-electron chi connectivity index (χ2n) is 3.31. The minimum absolute atomic E-state index is 0.320. The van der Waals surface area contributed by atoms with Gasteiger partial charge in [-0.3, -0.25) is 5.32 Å². The molecule has 12 heavy (non-hydrogen) atoms. The molecule has 5 nitrogen and oxygen atoms in total. The summed E-state index contributed by atoms with van der Waals surface area (Å²) in [4.78, 5) is 8.56. The normalized spacial score (nSPS) is 26.3. The molecule has 1 heterocycles. The summed E-state index contributed by atoms with van der Waals surface area (Å²) in [5.74, 6) is 0.786. The van der Waals surface area contributed by atoms with Gasteiger partial charge in [-0.2, -0.15) is 0 Å². The predicted molar refractivity (Wildman–Crippen MR) is 47.6 cm³/mol. The summed E-state index contributed by atoms with van der Waals surface area (Å²) in [6.07, 6.45) is 4.26. The minimum atomic E-state index is -0.320. The van der Waals surface area contributed by atoms with Crippen molar-refractivity contribution in [3.8, 4) is 0 Å². The molecule has 1 fully saturated rings. The van der Waals surface area contributed by atoms with Crippen molar-refractivity contribution >= 4 is 11.9 Å². The summed E-state index contributed by atoms with van der Waals surface area (Å²) < 4.78 is 0. The molecule has 0 unspecified atom stereocenters. The molecule has 0 radical (unpaired) electrons. The molecule has 66 valence electrons. The first kappa shape index (κ1) is 7.39. The molecule has 0 atom stereocenters. The standard InChI is InChI=1S/C7H13N5/c8-5-10-6(9)12-7(11-5)3-1-2-4-7/h1-4H2,(H5,8,9,10,11,12). The lowest BCUT2D eigenvalue weighted by atomic mass is 10.1. The molecule has 1 saturated carbocycles. The van der Waals surface area contributed by atoms with Gasteiger partial charge in [-0.15, -0.1) is 0 Å². The Morgan fingerprint density at radius 3 is 2.08 bits per heavy atom. The Labute approximate surface area is 70.9 Å². The Morgan fingerprint density at radius 1 is 1.08 bits per heavy atom. The first-order chi connectivity index (χ1) is 5.70. The molecule has 0 saturated heterocycles. The van der Waals surface area contributed by atoms with Crippen LogP contribution >= 0.6 is 0 Å². The number of nitrogens with one attached hydrogen (secondary N) is 1. The van der Waals surface area contributed by atoms with Crippen LogP contribution in [-0.2, 0) is 0 Å². The Hall–Kier alpha value is -1.26. The number of hydrogen-bond donors (Lipinski definition) is 3. The van der Waals surface area contributed by atoms with E-state index in [0.717, 1.165) is 25.7 Å². The van der Waals surface area contributed by atoms with E-state index in [-0.39, 0.29) is 5.66 Å². The van der Waals surface area contributed by atoms with Crippen molar-refractivity contribution in [3.63, 3.8) is 0 Å². The van der Waals surface area contributed by atoms with Crippen LogP contribution in [0.15, 0.2) is 9.98 Å². The van der Waals surface area contributed by atoms with Gasteiger partial charge in [0.05, 0.1) is 0 Å². The molecule has 2 aliphatic rings. The Bertz CT molecular complexity index is 229. The number of nitrogens with zero attached hydrogens (tertiary/aromatic N) is 2. The molecular weight excluding hydrogens is 154 g/mol. The van der Waals surface area contributed by atoms with E-state index in [1.807, 2.05) is 0 Å². The van der Waals surface area contributed by atoms with Crippen molar-refractivity contribution in [1.29, 1.82) is 0 Å². The fourth-order valence-corrected chi connectivity index (χ4v) is 1.83. The van der Waals surface area contributed by atoms with Crippen molar-refractivity contribution in [1.82, 2.24) is 5.32 Å². The third kappa shape index (κ3) is 1.11. The van der Waals surface area contributed by atoms with Crippen molar-refractivity contribution in [2.24, 2.45) is 21.5 Å². The highest BCUT2D eigenvalue weighted by Crippen LogP contribution is 2.35. The lowest BCUT2D eigenvalue weighted by Gasteiger charge is -2.25. The SMILES string of the molecule is NC1=NC2(CCCC2)N=C(N)N1. The van der Waals surface area contributed by atoms with Crippen LogP contribution in [0, 0.1) is 0 Å². The zero-order chi connectivity index (χ0) is 8.60. The van der Waals surface area contributed by atoms with Gasteiger partial charge < -0.3 is 11.5 Å². The topological polar surface area (TPSA) is 88.8 Å². The zero-order valence-corrected chi connectivity index (χ0v) is 6.88. The van der Waals surface area contributed by atoms with E-state index in [1.54, 1.807) is 0 Å². The number of aliphatic imine (C=N–C) groups is 2. The summed E-state index contributed by atoms with van der Waals surface area (Å²) >= 11 is 0. The quantitative estimate of drug-likeness (QED) is 0.454. The maximum absolute atomic E-state index is 5.56. The van der Waals surface area contributed by atoms with Crippen LogP contribution in [0.1, 0.15) is 25.7 Å². The number of rotatable bonds is 0. The maximum atomic E-state index is 5.56. The molecule has 0 amide bonds. The second-order valence-corrected chi connectivity index (χ2v) is 3.31. The summed E-state index contributed by atoms with van der Waals surface area (Å²) in [7, 11) is 0. The first-order valence-corrected chi connectivity index (χ1v) is 4.18. The van der Waals surface area contributed by atoms with Crippen molar-refractivity contribution in [2.75, 3.05) is 0 Å². The summed E-state index contributed by atoms with van der Waals surface area (Å²) in [5.41, 5.74) is 10.8. The highest BCUT2D eigenvalue weighted by atomic mass is 15.3. The largest absolute Gasteiger partial charge is 0.370 e. The monoisotopic (exact) mass is 167 g/mol. The maximum Gasteiger partial charge on any atom is 0.197 e. The molecule has 1 aliphatic heterocycles. The third-order valence-corrected chi connectivity index (χ3v) is 2.32. The van der Waals surface area contributed by atoms with Crippen LogP contribution in [-0.4, -0.2) is 17.6 Å². The highest BCUT2D eigenvalue weighted by Gasteiger charge is 2.35. The molecule has 1 spiro atoms. The van der Waals surface area contributed by atoms with E-state index >= 15 is 0 Å². The van der Waals surface area contributed by atoms with E-state index < -0.39 is 0 Å². The fourth-order valence-electron chi connectivity index (χ4n) is 1.83. The average Bonchev–Trinajstić information content (AvgIpc) is 2.33. The van der Waals surface area contributed by atoms with Crippen LogP contribution in [0.4, 0.5) is 0 Å². The number of hydrogen-bond acceptors (Lipinski definition) is 5. The van der Waals surface area contributed by atoms with E-state index in [9.17, 15) is 0 Å². The molecule has 5 heteroatoms. The number of guanidine groups is 2. The van der Waals surface area contributed by atoms with Gasteiger partial charge in [-0.1, -0.05) is 0 Å². The summed E-state index contributed by atoms with van der Waals surface area (Å²) in [6, 6.07) is 0. The summed E-state index contributed by atoms with van der Waals surface area (Å²) in [6.45, 7) is 0. The van der Waals surface area contributed by atoms with Gasteiger partial charge in [-0.05, 0) is 25.7 Å². The van der Waals surface area contributed by atoms with Crippen LogP contribution in [0.5, 0.6) is 0 Å². The molecular formula is C7H13N5. The lowest BCUT2D eigenvalue weighted by Crippen LogP contribution is -2.48. The molecule has 0 bridgehead atoms. The van der Waals surface area contributed by atoms with Crippen LogP contribution in [0.25, 0.3) is 0 Å². The zero-order valence-electron chi connectivity index (χ0n) is 6.88. The summed E-state index contributed by atoms with van der Waals surface area (Å²) in [5, 5.41) is 2.69. The van der Waals surface area contributed by atoms with Gasteiger partial charge in [0.2, 0.25) is 0 Å². The average molecular weight is 167 g/mol. The van der Waals surface area contributed by atoms with Gasteiger partial charge in [0.25, 0.3) is 0 Å². The van der Waals surface area contributed by atoms with E-state index in [1.165, 1.54) is 0 Å².